The smallest absolute Gasteiger partial charge is 0.119 e. The van der Waals surface area contributed by atoms with Gasteiger partial charge >= 0.3 is 0 Å². The van der Waals surface area contributed by atoms with Gasteiger partial charge in [-0.25, -0.2) is 0 Å². The van der Waals surface area contributed by atoms with Crippen LogP contribution in [-0.2, 0) is 10.8 Å². The summed E-state index contributed by atoms with van der Waals surface area (Å²) < 4.78 is 0. The third-order valence-corrected chi connectivity index (χ3v) is 8.21. The van der Waals surface area contributed by atoms with Gasteiger partial charge < -0.3 is 15.3 Å². The fraction of sp³-hybridized carbons (Fsp3) is 0.314. The number of benzene rings is 4. The van der Waals surface area contributed by atoms with Crippen molar-refractivity contribution in [3.05, 3.63) is 124 Å². The molecular weight excluding hydrogens is 468 g/mol. The Balaban J connectivity index is 1.90. The van der Waals surface area contributed by atoms with Crippen LogP contribution in [0.4, 0.5) is 0 Å². The molecule has 4 aromatic carbocycles. The van der Waals surface area contributed by atoms with Crippen LogP contribution in [-0.4, -0.2) is 15.3 Å². The first-order chi connectivity index (χ1) is 17.9. The maximum atomic E-state index is 10.6. The molecule has 0 spiro atoms. The lowest BCUT2D eigenvalue weighted by atomic mass is 9.69. The summed E-state index contributed by atoms with van der Waals surface area (Å²) in [6.45, 7) is 14.9. The molecule has 38 heavy (non-hydrogen) atoms. The summed E-state index contributed by atoms with van der Waals surface area (Å²) in [5.74, 6) is 1.23. The Morgan fingerprint density at radius 1 is 0.500 bits per heavy atom. The van der Waals surface area contributed by atoms with E-state index in [1.165, 1.54) is 0 Å². The molecule has 0 fully saturated rings. The van der Waals surface area contributed by atoms with Crippen molar-refractivity contribution in [1.29, 1.82) is 0 Å². The van der Waals surface area contributed by atoms with Gasteiger partial charge in [-0.3, -0.25) is 0 Å². The van der Waals surface area contributed by atoms with Crippen molar-refractivity contribution in [2.75, 3.05) is 0 Å². The predicted molar refractivity (Wildman–Crippen MR) is 157 cm³/mol. The molecule has 0 saturated heterocycles. The van der Waals surface area contributed by atoms with Gasteiger partial charge in [0, 0.05) is 10.8 Å². The molecule has 0 saturated carbocycles. The monoisotopic (exact) mass is 508 g/mol. The highest BCUT2D eigenvalue weighted by atomic mass is 16.3. The molecule has 198 valence electrons. The Labute approximate surface area is 227 Å². The second-order valence-corrected chi connectivity index (χ2v) is 11.7. The fourth-order valence-electron chi connectivity index (χ4n) is 5.44. The standard InChI is InChI=1S/C35H40O3/c1-22(2)30-20-27(15-17-32(30)37)35(7,28-16-18-33(38)31(21-28)23(3)4)25-13-11-24(12-14-25)34(5,6)26-9-8-10-29(36)19-26/h8-23,36-38H,1-7H3. The Hall–Kier alpha value is -3.72. The molecule has 0 amide bonds. The molecule has 3 N–H and O–H groups in total. The molecule has 4 rings (SSSR count). The van der Waals surface area contributed by atoms with E-state index in [1.807, 2.05) is 30.3 Å². The van der Waals surface area contributed by atoms with Gasteiger partial charge in [0.1, 0.15) is 17.2 Å². The summed E-state index contributed by atoms with van der Waals surface area (Å²) in [4.78, 5) is 0. The highest BCUT2D eigenvalue weighted by Crippen LogP contribution is 2.44. The molecule has 0 unspecified atom stereocenters. The zero-order valence-corrected chi connectivity index (χ0v) is 23.6. The van der Waals surface area contributed by atoms with E-state index in [9.17, 15) is 15.3 Å². The minimum absolute atomic E-state index is 0.177. The van der Waals surface area contributed by atoms with Crippen LogP contribution >= 0.6 is 0 Å². The van der Waals surface area contributed by atoms with Crippen LogP contribution < -0.4 is 0 Å². The topological polar surface area (TPSA) is 60.7 Å². The average molecular weight is 509 g/mol. The number of hydrogen-bond acceptors (Lipinski definition) is 3. The van der Waals surface area contributed by atoms with E-state index in [4.69, 9.17) is 0 Å². The van der Waals surface area contributed by atoms with E-state index in [0.717, 1.165) is 38.9 Å². The molecule has 3 nitrogen and oxygen atoms in total. The summed E-state index contributed by atoms with van der Waals surface area (Å²) in [7, 11) is 0. The third kappa shape index (κ3) is 4.90. The zero-order chi connectivity index (χ0) is 27.8. The van der Waals surface area contributed by atoms with Crippen molar-refractivity contribution in [2.45, 2.75) is 71.1 Å². The maximum Gasteiger partial charge on any atom is 0.119 e. The highest BCUT2D eigenvalue weighted by molar-refractivity contribution is 5.55. The number of hydrogen-bond donors (Lipinski definition) is 3. The predicted octanol–water partition coefficient (Wildman–Crippen LogP) is 8.73. The van der Waals surface area contributed by atoms with E-state index in [0.29, 0.717) is 11.5 Å². The minimum atomic E-state index is -0.525. The Bertz CT molecular complexity index is 1370. The summed E-state index contributed by atoms with van der Waals surface area (Å²) in [6.07, 6.45) is 0. The number of phenols is 3. The Morgan fingerprint density at radius 3 is 1.39 bits per heavy atom. The van der Waals surface area contributed by atoms with E-state index in [-0.39, 0.29) is 23.0 Å². The van der Waals surface area contributed by atoms with E-state index in [2.05, 4.69) is 84.9 Å². The minimum Gasteiger partial charge on any atom is -0.508 e. The first kappa shape index (κ1) is 27.3. The van der Waals surface area contributed by atoms with Crippen molar-refractivity contribution in [1.82, 2.24) is 0 Å². The van der Waals surface area contributed by atoms with Crippen LogP contribution in [0, 0.1) is 0 Å². The highest BCUT2D eigenvalue weighted by Gasteiger charge is 2.34. The molecule has 0 aliphatic rings. The average Bonchev–Trinajstić information content (AvgIpc) is 2.88. The Morgan fingerprint density at radius 2 is 0.947 bits per heavy atom. The second-order valence-electron chi connectivity index (χ2n) is 11.7. The van der Waals surface area contributed by atoms with Crippen LogP contribution in [0.25, 0.3) is 0 Å². The first-order valence-corrected chi connectivity index (χ1v) is 13.4. The van der Waals surface area contributed by atoms with Crippen LogP contribution in [0.5, 0.6) is 17.2 Å². The van der Waals surface area contributed by atoms with E-state index < -0.39 is 5.41 Å². The van der Waals surface area contributed by atoms with Crippen molar-refractivity contribution in [3.63, 3.8) is 0 Å². The maximum absolute atomic E-state index is 10.6. The molecule has 3 heteroatoms. The van der Waals surface area contributed by atoms with Crippen molar-refractivity contribution in [2.24, 2.45) is 0 Å². The number of phenolic OH excluding ortho intramolecular Hbond substituents is 3. The molecule has 0 heterocycles. The van der Waals surface area contributed by atoms with Gasteiger partial charge in [-0.1, -0.05) is 102 Å². The van der Waals surface area contributed by atoms with Gasteiger partial charge in [-0.2, -0.15) is 0 Å². The van der Waals surface area contributed by atoms with Crippen LogP contribution in [0.2, 0.25) is 0 Å². The van der Waals surface area contributed by atoms with E-state index >= 15 is 0 Å². The van der Waals surface area contributed by atoms with Gasteiger partial charge in [-0.15, -0.1) is 0 Å². The molecule has 0 aliphatic heterocycles. The Kier molecular flexibility index (Phi) is 7.34. The van der Waals surface area contributed by atoms with Gasteiger partial charge in [0.2, 0.25) is 0 Å². The summed E-state index contributed by atoms with van der Waals surface area (Å²) in [5, 5.41) is 31.2. The fourth-order valence-corrected chi connectivity index (χ4v) is 5.44. The third-order valence-electron chi connectivity index (χ3n) is 8.21. The quantitative estimate of drug-likeness (QED) is 0.219. The van der Waals surface area contributed by atoms with Crippen LogP contribution in [0.3, 0.4) is 0 Å². The van der Waals surface area contributed by atoms with E-state index in [1.54, 1.807) is 18.2 Å². The van der Waals surface area contributed by atoms with Crippen molar-refractivity contribution < 1.29 is 15.3 Å². The molecular formula is C35H40O3. The summed E-state index contributed by atoms with van der Waals surface area (Å²) in [6, 6.07) is 28.0. The number of aromatic hydroxyl groups is 3. The van der Waals surface area contributed by atoms with Gasteiger partial charge in [0.25, 0.3) is 0 Å². The molecule has 0 radical (unpaired) electrons. The van der Waals surface area contributed by atoms with Crippen molar-refractivity contribution >= 4 is 0 Å². The van der Waals surface area contributed by atoms with Gasteiger partial charge in [0.15, 0.2) is 0 Å². The van der Waals surface area contributed by atoms with Crippen molar-refractivity contribution in [3.8, 4) is 17.2 Å². The molecule has 0 aliphatic carbocycles. The van der Waals surface area contributed by atoms with Gasteiger partial charge in [0.05, 0.1) is 0 Å². The van der Waals surface area contributed by atoms with Gasteiger partial charge in [-0.05, 0) is 82.0 Å². The first-order valence-electron chi connectivity index (χ1n) is 13.4. The normalized spacial score (nSPS) is 12.3. The largest absolute Gasteiger partial charge is 0.508 e. The number of rotatable bonds is 7. The molecule has 4 aromatic rings. The summed E-state index contributed by atoms with van der Waals surface area (Å²) in [5.41, 5.74) is 6.50. The van der Waals surface area contributed by atoms with Crippen LogP contribution in [0.15, 0.2) is 84.9 Å². The lowest BCUT2D eigenvalue weighted by Crippen LogP contribution is -2.26. The lowest BCUT2D eigenvalue weighted by molar-refractivity contribution is 0.463. The zero-order valence-electron chi connectivity index (χ0n) is 23.6. The molecule has 0 atom stereocenters. The SMILES string of the molecule is CC(C)c1cc(C(C)(c2ccc(C(C)(C)c3cccc(O)c3)cc2)c2ccc(O)c(C(C)C)c2)ccc1O. The lowest BCUT2D eigenvalue weighted by Gasteiger charge is -2.34. The van der Waals surface area contributed by atoms with Crippen LogP contribution in [0.1, 0.15) is 99.2 Å². The summed E-state index contributed by atoms with van der Waals surface area (Å²) >= 11 is 0. The molecule has 0 bridgehead atoms. The second kappa shape index (κ2) is 10.2. The molecule has 0 aromatic heterocycles.